The van der Waals surface area contributed by atoms with Crippen LogP contribution in [0.25, 0.3) is 16.6 Å². The molecule has 4 aromatic rings. The normalized spacial score (nSPS) is 11.3. The lowest BCUT2D eigenvalue weighted by Gasteiger charge is -2.14. The fourth-order valence-electron chi connectivity index (χ4n) is 3.57. The average molecular weight is 469 g/mol. The topological polar surface area (TPSA) is 92.6 Å². The summed E-state index contributed by atoms with van der Waals surface area (Å²) >= 11 is 0. The van der Waals surface area contributed by atoms with Gasteiger partial charge in [-0.3, -0.25) is 4.79 Å². The molecule has 0 aliphatic heterocycles. The van der Waals surface area contributed by atoms with Crippen molar-refractivity contribution in [2.45, 2.75) is 12.8 Å². The number of amides is 2. The Morgan fingerprint density at radius 1 is 0.912 bits per heavy atom. The molecule has 1 aromatic heterocycles. The van der Waals surface area contributed by atoms with E-state index in [1.165, 1.54) is 12.1 Å². The molecule has 0 fully saturated rings. The summed E-state index contributed by atoms with van der Waals surface area (Å²) in [7, 11) is 0. The second kappa shape index (κ2) is 9.18. The molecule has 0 spiro atoms. The van der Waals surface area contributed by atoms with Crippen molar-refractivity contribution < 1.29 is 32.6 Å². The molecule has 10 heteroatoms. The van der Waals surface area contributed by atoms with Gasteiger partial charge < -0.3 is 25.0 Å². The summed E-state index contributed by atoms with van der Waals surface area (Å²) in [6, 6.07) is 18.4. The molecule has 0 aliphatic rings. The third kappa shape index (κ3) is 5.29. The van der Waals surface area contributed by atoms with Gasteiger partial charge in [-0.25, -0.2) is 4.79 Å². The second-order valence-electron chi connectivity index (χ2n) is 7.28. The first-order valence-electron chi connectivity index (χ1n) is 10.0. The van der Waals surface area contributed by atoms with Gasteiger partial charge in [-0.15, -0.1) is 13.2 Å². The first kappa shape index (κ1) is 22.7. The molecule has 34 heavy (non-hydrogen) atoms. The summed E-state index contributed by atoms with van der Waals surface area (Å²) in [5.74, 6) is -1.36. The molecular weight excluding hydrogens is 451 g/mol. The number of ether oxygens (including phenoxy) is 1. The number of fused-ring (bicyclic) bond motifs is 1. The van der Waals surface area contributed by atoms with E-state index in [1.54, 1.807) is 35.0 Å². The van der Waals surface area contributed by atoms with Gasteiger partial charge in [0, 0.05) is 17.3 Å². The number of benzene rings is 3. The number of para-hydroxylation sites is 3. The van der Waals surface area contributed by atoms with Crippen LogP contribution in [0.2, 0.25) is 0 Å². The number of hydrogen-bond acceptors (Lipinski definition) is 3. The Morgan fingerprint density at radius 3 is 2.29 bits per heavy atom. The highest BCUT2D eigenvalue weighted by atomic mass is 19.4. The minimum Gasteiger partial charge on any atom is -0.481 e. The van der Waals surface area contributed by atoms with E-state index in [2.05, 4.69) is 15.4 Å². The van der Waals surface area contributed by atoms with E-state index in [0.717, 1.165) is 23.0 Å². The van der Waals surface area contributed by atoms with E-state index in [9.17, 15) is 27.9 Å². The van der Waals surface area contributed by atoms with Gasteiger partial charge in [0.25, 0.3) is 0 Å². The number of carboxylic acids is 1. The van der Waals surface area contributed by atoms with Crippen LogP contribution < -0.4 is 15.4 Å². The molecule has 174 valence electrons. The molecule has 4 rings (SSSR count). The van der Waals surface area contributed by atoms with Crippen molar-refractivity contribution in [2.75, 3.05) is 10.6 Å². The number of alkyl halides is 3. The van der Waals surface area contributed by atoms with Crippen LogP contribution in [0, 0.1) is 0 Å². The molecule has 0 saturated heterocycles. The van der Waals surface area contributed by atoms with Crippen LogP contribution >= 0.6 is 0 Å². The molecule has 3 N–H and O–H groups in total. The fraction of sp³-hybridized carbons (Fsp3) is 0.0833. The number of carbonyl (C=O) groups is 2. The number of nitrogens with zero attached hydrogens (tertiary/aromatic N) is 1. The van der Waals surface area contributed by atoms with Crippen LogP contribution in [-0.2, 0) is 11.2 Å². The van der Waals surface area contributed by atoms with Gasteiger partial charge in [-0.1, -0.05) is 30.3 Å². The molecule has 0 radical (unpaired) electrons. The molecular formula is C24H18F3N3O4. The van der Waals surface area contributed by atoms with Gasteiger partial charge in [0.05, 0.1) is 23.3 Å². The molecule has 0 saturated carbocycles. The third-order valence-corrected chi connectivity index (χ3v) is 4.89. The first-order valence-corrected chi connectivity index (χ1v) is 10.0. The molecule has 0 unspecified atom stereocenters. The summed E-state index contributed by atoms with van der Waals surface area (Å²) in [6.45, 7) is 0. The summed E-state index contributed by atoms with van der Waals surface area (Å²) in [4.78, 5) is 23.9. The molecule has 3 aromatic carbocycles. The Hall–Kier alpha value is -4.47. The number of rotatable bonds is 6. The molecule has 2 amide bonds. The van der Waals surface area contributed by atoms with Crippen molar-refractivity contribution in [2.24, 2.45) is 0 Å². The molecule has 0 bridgehead atoms. The Balaban J connectivity index is 1.57. The number of urea groups is 1. The van der Waals surface area contributed by atoms with Crippen LogP contribution in [0.4, 0.5) is 29.3 Å². The van der Waals surface area contributed by atoms with Crippen LogP contribution in [0.3, 0.4) is 0 Å². The summed E-state index contributed by atoms with van der Waals surface area (Å²) in [6.07, 6.45) is -3.24. The smallest absolute Gasteiger partial charge is 0.481 e. The van der Waals surface area contributed by atoms with Crippen LogP contribution in [0.5, 0.6) is 5.75 Å². The van der Waals surface area contributed by atoms with Gasteiger partial charge in [-0.05, 0) is 48.0 Å². The monoisotopic (exact) mass is 469 g/mol. The van der Waals surface area contributed by atoms with E-state index in [1.807, 2.05) is 24.3 Å². The lowest BCUT2D eigenvalue weighted by atomic mass is 10.1. The number of aliphatic carboxylic acids is 1. The van der Waals surface area contributed by atoms with Gasteiger partial charge in [0.15, 0.2) is 0 Å². The predicted molar refractivity (Wildman–Crippen MR) is 120 cm³/mol. The van der Waals surface area contributed by atoms with E-state index in [0.29, 0.717) is 16.9 Å². The summed E-state index contributed by atoms with van der Waals surface area (Å²) in [5.41, 5.74) is 2.72. The highest BCUT2D eigenvalue weighted by Crippen LogP contribution is 2.29. The van der Waals surface area contributed by atoms with Crippen LogP contribution in [-0.4, -0.2) is 28.0 Å². The number of halogens is 3. The molecule has 7 nitrogen and oxygen atoms in total. The zero-order valence-electron chi connectivity index (χ0n) is 17.5. The van der Waals surface area contributed by atoms with Gasteiger partial charge >= 0.3 is 18.4 Å². The minimum absolute atomic E-state index is 0.155. The maximum absolute atomic E-state index is 12.6. The van der Waals surface area contributed by atoms with Crippen molar-refractivity contribution in [3.8, 4) is 11.4 Å². The quantitative estimate of drug-likeness (QED) is 0.333. The Kier molecular flexibility index (Phi) is 6.13. The van der Waals surface area contributed by atoms with Crippen LogP contribution in [0.15, 0.2) is 79.0 Å². The number of nitrogens with one attached hydrogen (secondary N) is 2. The maximum Gasteiger partial charge on any atom is 0.573 e. The SMILES string of the molecule is O=C(O)Cc1cn(-c2ccccc2NC(=O)Nc2ccc(OC(F)(F)F)cc2)c2ccccc12. The lowest BCUT2D eigenvalue weighted by Crippen LogP contribution is -2.20. The van der Waals surface area contributed by atoms with Crippen molar-refractivity contribution in [3.63, 3.8) is 0 Å². The Labute approximate surface area is 191 Å². The second-order valence-corrected chi connectivity index (χ2v) is 7.28. The highest BCUT2D eigenvalue weighted by Gasteiger charge is 2.31. The zero-order valence-corrected chi connectivity index (χ0v) is 17.5. The third-order valence-electron chi connectivity index (χ3n) is 4.89. The van der Waals surface area contributed by atoms with Crippen molar-refractivity contribution in [1.82, 2.24) is 4.57 Å². The summed E-state index contributed by atoms with van der Waals surface area (Å²) in [5, 5.41) is 15.3. The molecule has 1 heterocycles. The number of aromatic nitrogens is 1. The predicted octanol–water partition coefficient (Wildman–Crippen LogP) is 5.80. The van der Waals surface area contributed by atoms with E-state index in [4.69, 9.17) is 0 Å². The van der Waals surface area contributed by atoms with Crippen LogP contribution in [0.1, 0.15) is 5.56 Å². The number of carboxylic acid groups (broad SMARTS) is 1. The zero-order chi connectivity index (χ0) is 24.3. The van der Waals surface area contributed by atoms with Gasteiger partial charge in [0.2, 0.25) is 0 Å². The largest absolute Gasteiger partial charge is 0.573 e. The van der Waals surface area contributed by atoms with Crippen molar-refractivity contribution in [1.29, 1.82) is 0 Å². The molecule has 0 atom stereocenters. The van der Waals surface area contributed by atoms with Gasteiger partial charge in [0.1, 0.15) is 5.75 Å². The standard InChI is InChI=1S/C24H18F3N3O4/c25-24(26,27)34-17-11-9-16(10-12-17)28-23(33)29-19-6-2-4-8-21(19)30-14-15(13-22(31)32)18-5-1-3-7-20(18)30/h1-12,14H,13H2,(H,31,32)(H2,28,29,33). The first-order chi connectivity index (χ1) is 16.2. The number of anilines is 2. The Morgan fingerprint density at radius 2 is 1.59 bits per heavy atom. The highest BCUT2D eigenvalue weighted by molar-refractivity contribution is 6.01. The van der Waals surface area contributed by atoms with Gasteiger partial charge in [-0.2, -0.15) is 0 Å². The van der Waals surface area contributed by atoms with E-state index < -0.39 is 24.1 Å². The lowest BCUT2D eigenvalue weighted by molar-refractivity contribution is -0.274. The minimum atomic E-state index is -4.80. The fourth-order valence-corrected chi connectivity index (χ4v) is 3.57. The maximum atomic E-state index is 12.6. The Bertz CT molecular complexity index is 1350. The number of carbonyl (C=O) groups excluding carboxylic acids is 1. The van der Waals surface area contributed by atoms with E-state index in [-0.39, 0.29) is 12.1 Å². The van der Waals surface area contributed by atoms with Crippen molar-refractivity contribution >= 4 is 34.3 Å². The number of hydrogen-bond donors (Lipinski definition) is 3. The molecule has 0 aliphatic carbocycles. The van der Waals surface area contributed by atoms with E-state index >= 15 is 0 Å². The van der Waals surface area contributed by atoms with Crippen molar-refractivity contribution in [3.05, 3.63) is 84.6 Å². The summed E-state index contributed by atoms with van der Waals surface area (Å²) < 4.78 is 42.5. The average Bonchev–Trinajstić information content (AvgIpc) is 3.12.